The minimum atomic E-state index is -3.42. The highest BCUT2D eigenvalue weighted by molar-refractivity contribution is 7.91. The molecule has 0 unspecified atom stereocenters. The molecule has 0 bridgehead atoms. The van der Waals surface area contributed by atoms with Gasteiger partial charge in [0.1, 0.15) is 5.52 Å². The summed E-state index contributed by atoms with van der Waals surface area (Å²) in [6.07, 6.45) is 5.63. The van der Waals surface area contributed by atoms with Gasteiger partial charge in [-0.3, -0.25) is 0 Å². The van der Waals surface area contributed by atoms with Crippen molar-refractivity contribution >= 4 is 49.9 Å². The standard InChI is InChI=1S/C18H20Cl2N4O2S/c1-12-10-22-18(21)16-17(12)24(11-23-16)7-3-2-4-8-27(25,26)15-6-5-13(19)9-14(15)20/h5-6,9-11H,2-4,7-8H2,1H3,(H2,21,22). The van der Waals surface area contributed by atoms with E-state index in [-0.39, 0.29) is 15.7 Å². The highest BCUT2D eigenvalue weighted by atomic mass is 35.5. The van der Waals surface area contributed by atoms with Crippen molar-refractivity contribution in [3.8, 4) is 0 Å². The summed E-state index contributed by atoms with van der Waals surface area (Å²) in [6, 6.07) is 4.44. The average molecular weight is 427 g/mol. The van der Waals surface area contributed by atoms with Crippen molar-refractivity contribution in [3.63, 3.8) is 0 Å². The molecule has 2 N–H and O–H groups in total. The van der Waals surface area contributed by atoms with E-state index in [2.05, 4.69) is 9.97 Å². The number of nitrogens with zero attached hydrogens (tertiary/aromatic N) is 3. The van der Waals surface area contributed by atoms with E-state index in [1.807, 2.05) is 11.5 Å². The maximum absolute atomic E-state index is 12.4. The number of sulfone groups is 1. The van der Waals surface area contributed by atoms with Gasteiger partial charge in [-0.2, -0.15) is 0 Å². The Labute approximate surface area is 168 Å². The third-order valence-electron chi connectivity index (χ3n) is 4.39. The first-order chi connectivity index (χ1) is 12.8. The van der Waals surface area contributed by atoms with Gasteiger partial charge in [0.15, 0.2) is 15.7 Å². The van der Waals surface area contributed by atoms with Gasteiger partial charge < -0.3 is 10.3 Å². The fourth-order valence-corrected chi connectivity index (χ4v) is 5.23. The van der Waals surface area contributed by atoms with Crippen LogP contribution in [-0.2, 0) is 16.4 Å². The summed E-state index contributed by atoms with van der Waals surface area (Å²) < 4.78 is 26.9. The number of aryl methyl sites for hydroxylation is 2. The summed E-state index contributed by atoms with van der Waals surface area (Å²) in [5, 5.41) is 0.576. The van der Waals surface area contributed by atoms with Crippen molar-refractivity contribution in [3.05, 3.63) is 46.3 Å². The summed E-state index contributed by atoms with van der Waals surface area (Å²) in [5.74, 6) is 0.467. The molecule has 0 aliphatic heterocycles. The number of halogens is 2. The van der Waals surface area contributed by atoms with Crippen LogP contribution in [0.2, 0.25) is 10.0 Å². The fourth-order valence-electron chi connectivity index (χ4n) is 3.03. The molecule has 0 aliphatic rings. The number of imidazole rings is 1. The van der Waals surface area contributed by atoms with Crippen LogP contribution in [0.5, 0.6) is 0 Å². The van der Waals surface area contributed by atoms with Crippen molar-refractivity contribution in [2.75, 3.05) is 11.5 Å². The fraction of sp³-hybridized carbons (Fsp3) is 0.333. The van der Waals surface area contributed by atoms with Gasteiger partial charge in [0.2, 0.25) is 0 Å². The molecule has 0 spiro atoms. The van der Waals surface area contributed by atoms with Gasteiger partial charge in [0.25, 0.3) is 0 Å². The predicted octanol–water partition coefficient (Wildman–Crippen LogP) is 4.27. The molecular formula is C18H20Cl2N4O2S. The number of anilines is 1. The number of hydrogen-bond donors (Lipinski definition) is 1. The van der Waals surface area contributed by atoms with Crippen molar-refractivity contribution in [2.24, 2.45) is 0 Å². The Morgan fingerprint density at radius 1 is 1.15 bits per heavy atom. The Morgan fingerprint density at radius 3 is 2.67 bits per heavy atom. The van der Waals surface area contributed by atoms with E-state index in [0.29, 0.717) is 22.8 Å². The SMILES string of the molecule is Cc1cnc(N)c2ncn(CCCCCS(=O)(=O)c3ccc(Cl)cc3Cl)c12. The number of unbranched alkanes of at least 4 members (excludes halogenated alkanes) is 2. The molecule has 144 valence electrons. The number of pyridine rings is 1. The van der Waals surface area contributed by atoms with Crippen molar-refractivity contribution < 1.29 is 8.42 Å². The maximum Gasteiger partial charge on any atom is 0.179 e. The van der Waals surface area contributed by atoms with Gasteiger partial charge in [-0.1, -0.05) is 29.6 Å². The molecule has 2 aromatic heterocycles. The van der Waals surface area contributed by atoms with Gasteiger partial charge in [-0.15, -0.1) is 0 Å². The first kappa shape index (κ1) is 19.9. The largest absolute Gasteiger partial charge is 0.382 e. The van der Waals surface area contributed by atoms with Gasteiger partial charge in [-0.25, -0.2) is 18.4 Å². The second kappa shape index (κ2) is 8.04. The molecule has 0 amide bonds. The summed E-state index contributed by atoms with van der Waals surface area (Å²) in [4.78, 5) is 8.57. The van der Waals surface area contributed by atoms with Crippen LogP contribution in [0, 0.1) is 6.92 Å². The van der Waals surface area contributed by atoms with Crippen LogP contribution in [0.15, 0.2) is 35.6 Å². The smallest absolute Gasteiger partial charge is 0.179 e. The Balaban J connectivity index is 1.57. The van der Waals surface area contributed by atoms with Gasteiger partial charge >= 0.3 is 0 Å². The lowest BCUT2D eigenvalue weighted by molar-refractivity contribution is 0.580. The van der Waals surface area contributed by atoms with Crippen molar-refractivity contribution in [2.45, 2.75) is 37.6 Å². The van der Waals surface area contributed by atoms with Crippen molar-refractivity contribution in [1.29, 1.82) is 0 Å². The van der Waals surface area contributed by atoms with Crippen LogP contribution in [0.3, 0.4) is 0 Å². The summed E-state index contributed by atoms with van der Waals surface area (Å²) in [6.45, 7) is 2.71. The second-order valence-corrected chi connectivity index (χ2v) is 9.34. The number of benzene rings is 1. The summed E-state index contributed by atoms with van der Waals surface area (Å²) in [5.41, 5.74) is 8.56. The van der Waals surface area contributed by atoms with E-state index in [4.69, 9.17) is 28.9 Å². The second-order valence-electron chi connectivity index (χ2n) is 6.42. The minimum absolute atomic E-state index is 0.0505. The maximum atomic E-state index is 12.4. The van der Waals surface area contributed by atoms with Crippen LogP contribution in [0.25, 0.3) is 11.0 Å². The first-order valence-electron chi connectivity index (χ1n) is 8.53. The number of nitrogens with two attached hydrogens (primary N) is 1. The van der Waals surface area contributed by atoms with Crippen LogP contribution in [0.1, 0.15) is 24.8 Å². The van der Waals surface area contributed by atoms with Crippen LogP contribution >= 0.6 is 23.2 Å². The quantitative estimate of drug-likeness (QED) is 0.569. The predicted molar refractivity (Wildman–Crippen MR) is 109 cm³/mol. The molecule has 0 saturated carbocycles. The van der Waals surface area contributed by atoms with E-state index in [9.17, 15) is 8.42 Å². The molecule has 6 nitrogen and oxygen atoms in total. The zero-order chi connectivity index (χ0) is 19.6. The van der Waals surface area contributed by atoms with E-state index in [1.54, 1.807) is 12.5 Å². The molecule has 0 radical (unpaired) electrons. The molecule has 0 fully saturated rings. The van der Waals surface area contributed by atoms with E-state index in [0.717, 1.165) is 30.5 Å². The summed E-state index contributed by atoms with van der Waals surface area (Å²) in [7, 11) is -3.42. The minimum Gasteiger partial charge on any atom is -0.382 e. The number of hydrogen-bond acceptors (Lipinski definition) is 5. The molecule has 0 aliphatic carbocycles. The summed E-state index contributed by atoms with van der Waals surface area (Å²) >= 11 is 11.8. The lowest BCUT2D eigenvalue weighted by Crippen LogP contribution is -2.08. The Hall–Kier alpha value is -1.83. The van der Waals surface area contributed by atoms with E-state index < -0.39 is 9.84 Å². The molecule has 9 heteroatoms. The van der Waals surface area contributed by atoms with E-state index in [1.165, 1.54) is 18.2 Å². The number of aromatic nitrogens is 3. The number of nitrogen functional groups attached to an aromatic ring is 1. The third-order valence-corrected chi connectivity index (χ3v) is 6.90. The first-order valence-corrected chi connectivity index (χ1v) is 10.9. The van der Waals surface area contributed by atoms with Gasteiger partial charge in [0, 0.05) is 17.8 Å². The van der Waals surface area contributed by atoms with Crippen LogP contribution < -0.4 is 5.73 Å². The topological polar surface area (TPSA) is 90.9 Å². The molecule has 27 heavy (non-hydrogen) atoms. The third kappa shape index (κ3) is 4.36. The highest BCUT2D eigenvalue weighted by Crippen LogP contribution is 2.26. The molecule has 0 atom stereocenters. The van der Waals surface area contributed by atoms with Crippen molar-refractivity contribution in [1.82, 2.24) is 14.5 Å². The molecular weight excluding hydrogens is 407 g/mol. The Kier molecular flexibility index (Phi) is 5.93. The molecule has 3 rings (SSSR count). The van der Waals surface area contributed by atoms with Crippen LogP contribution in [-0.4, -0.2) is 28.7 Å². The van der Waals surface area contributed by atoms with E-state index >= 15 is 0 Å². The lowest BCUT2D eigenvalue weighted by Gasteiger charge is -2.08. The molecule has 1 aromatic carbocycles. The number of rotatable bonds is 7. The zero-order valence-corrected chi connectivity index (χ0v) is 17.2. The van der Waals surface area contributed by atoms with Crippen LogP contribution in [0.4, 0.5) is 5.82 Å². The zero-order valence-electron chi connectivity index (χ0n) is 14.8. The Morgan fingerprint density at radius 2 is 1.93 bits per heavy atom. The average Bonchev–Trinajstić information content (AvgIpc) is 3.03. The molecule has 2 heterocycles. The normalized spacial score (nSPS) is 12.0. The Bertz CT molecular complexity index is 1080. The lowest BCUT2D eigenvalue weighted by atomic mass is 10.2. The monoisotopic (exact) mass is 426 g/mol. The molecule has 3 aromatic rings. The van der Waals surface area contributed by atoms with Gasteiger partial charge in [0.05, 0.1) is 27.5 Å². The highest BCUT2D eigenvalue weighted by Gasteiger charge is 2.18. The van der Waals surface area contributed by atoms with Gasteiger partial charge in [-0.05, 0) is 43.5 Å². The number of fused-ring (bicyclic) bond motifs is 1. The molecule has 0 saturated heterocycles.